The van der Waals surface area contributed by atoms with Gasteiger partial charge < -0.3 is 11.1 Å². The van der Waals surface area contributed by atoms with Gasteiger partial charge in [0.1, 0.15) is 5.82 Å². The smallest absolute Gasteiger partial charge is 0.142 e. The van der Waals surface area contributed by atoms with E-state index in [0.717, 1.165) is 12.1 Å². The summed E-state index contributed by atoms with van der Waals surface area (Å²) in [5.74, 6) is 0.613. The Morgan fingerprint density at radius 2 is 2.50 bits per heavy atom. The van der Waals surface area contributed by atoms with E-state index in [1.165, 1.54) is 23.3 Å². The van der Waals surface area contributed by atoms with Crippen LogP contribution in [0.2, 0.25) is 0 Å². The molecule has 0 aromatic carbocycles. The molecule has 0 amide bonds. The number of rotatable bonds is 2. The van der Waals surface area contributed by atoms with Crippen LogP contribution in [0.5, 0.6) is 0 Å². The molecule has 0 saturated heterocycles. The molecule has 0 radical (unpaired) electrons. The van der Waals surface area contributed by atoms with E-state index in [-0.39, 0.29) is 0 Å². The van der Waals surface area contributed by atoms with Gasteiger partial charge in [-0.2, -0.15) is 5.10 Å². The van der Waals surface area contributed by atoms with E-state index in [2.05, 4.69) is 27.0 Å². The first-order chi connectivity index (χ1) is 7.84. The maximum absolute atomic E-state index is 5.78. The third-order valence-corrected chi connectivity index (χ3v) is 4.05. The SMILES string of the molecule is Nc1[nH]ncc1NC1CCCc2sccc21. The van der Waals surface area contributed by atoms with Crippen LogP contribution in [-0.4, -0.2) is 10.2 Å². The molecule has 0 spiro atoms. The summed E-state index contributed by atoms with van der Waals surface area (Å²) >= 11 is 1.85. The zero-order chi connectivity index (χ0) is 11.0. The number of H-pyrrole nitrogens is 1. The van der Waals surface area contributed by atoms with Crippen molar-refractivity contribution in [2.24, 2.45) is 0 Å². The van der Waals surface area contributed by atoms with E-state index in [4.69, 9.17) is 5.73 Å². The highest BCUT2D eigenvalue weighted by molar-refractivity contribution is 7.10. The van der Waals surface area contributed by atoms with Gasteiger partial charge in [0, 0.05) is 4.88 Å². The topological polar surface area (TPSA) is 66.7 Å². The molecule has 4 nitrogen and oxygen atoms in total. The molecule has 1 atom stereocenters. The van der Waals surface area contributed by atoms with Gasteiger partial charge in [0.15, 0.2) is 0 Å². The summed E-state index contributed by atoms with van der Waals surface area (Å²) in [4.78, 5) is 1.51. The van der Waals surface area contributed by atoms with Crippen molar-refractivity contribution >= 4 is 22.8 Å². The monoisotopic (exact) mass is 234 g/mol. The second-order valence-electron chi connectivity index (χ2n) is 4.09. The average Bonchev–Trinajstić information content (AvgIpc) is 2.89. The van der Waals surface area contributed by atoms with E-state index in [1.807, 2.05) is 11.3 Å². The number of fused-ring (bicyclic) bond motifs is 1. The summed E-state index contributed by atoms with van der Waals surface area (Å²) in [6.07, 6.45) is 5.36. The van der Waals surface area contributed by atoms with Gasteiger partial charge in [-0.05, 0) is 36.3 Å². The van der Waals surface area contributed by atoms with Crippen LogP contribution in [0.4, 0.5) is 11.5 Å². The number of nitrogens with zero attached hydrogens (tertiary/aromatic N) is 1. The molecule has 0 aliphatic heterocycles. The Kier molecular flexibility index (Phi) is 2.32. The van der Waals surface area contributed by atoms with Crippen LogP contribution in [0.1, 0.15) is 29.3 Å². The predicted octanol–water partition coefficient (Wildman–Crippen LogP) is 2.54. The molecule has 1 aliphatic rings. The minimum absolute atomic E-state index is 0.384. The number of thiophene rings is 1. The number of hydrogen-bond donors (Lipinski definition) is 3. The Hall–Kier alpha value is -1.49. The molecule has 3 rings (SSSR count). The van der Waals surface area contributed by atoms with Crippen LogP contribution < -0.4 is 11.1 Å². The summed E-state index contributed by atoms with van der Waals surface area (Å²) in [6.45, 7) is 0. The number of aromatic amines is 1. The number of nitrogen functional groups attached to an aromatic ring is 1. The Labute approximate surface area is 97.9 Å². The van der Waals surface area contributed by atoms with E-state index < -0.39 is 0 Å². The van der Waals surface area contributed by atoms with Crippen LogP contribution in [0.3, 0.4) is 0 Å². The van der Waals surface area contributed by atoms with Crippen molar-refractivity contribution in [3.05, 3.63) is 28.1 Å². The minimum atomic E-state index is 0.384. The Balaban J connectivity index is 1.85. The van der Waals surface area contributed by atoms with E-state index in [9.17, 15) is 0 Å². The van der Waals surface area contributed by atoms with Crippen molar-refractivity contribution in [3.8, 4) is 0 Å². The lowest BCUT2D eigenvalue weighted by molar-refractivity contribution is 0.609. The zero-order valence-corrected chi connectivity index (χ0v) is 9.68. The van der Waals surface area contributed by atoms with E-state index in [0.29, 0.717) is 11.9 Å². The molecular formula is C11H14N4S. The molecule has 0 fully saturated rings. The number of anilines is 2. The van der Waals surface area contributed by atoms with Crippen LogP contribution in [0, 0.1) is 0 Å². The van der Waals surface area contributed by atoms with Crippen molar-refractivity contribution in [2.45, 2.75) is 25.3 Å². The highest BCUT2D eigenvalue weighted by Gasteiger charge is 2.21. The third-order valence-electron chi connectivity index (χ3n) is 3.05. The van der Waals surface area contributed by atoms with Gasteiger partial charge in [0.05, 0.1) is 17.9 Å². The molecule has 4 N–H and O–H groups in total. The fraction of sp³-hybridized carbons (Fsp3) is 0.364. The van der Waals surface area contributed by atoms with Gasteiger partial charge in [0.25, 0.3) is 0 Å². The van der Waals surface area contributed by atoms with Crippen molar-refractivity contribution < 1.29 is 0 Å². The van der Waals surface area contributed by atoms with Gasteiger partial charge in [-0.1, -0.05) is 0 Å². The largest absolute Gasteiger partial charge is 0.382 e. The van der Waals surface area contributed by atoms with E-state index >= 15 is 0 Å². The quantitative estimate of drug-likeness (QED) is 0.748. The molecule has 1 unspecified atom stereocenters. The van der Waals surface area contributed by atoms with Crippen LogP contribution in [-0.2, 0) is 6.42 Å². The zero-order valence-electron chi connectivity index (χ0n) is 8.86. The molecule has 0 saturated carbocycles. The highest BCUT2D eigenvalue weighted by Crippen LogP contribution is 2.36. The van der Waals surface area contributed by atoms with Gasteiger partial charge in [0.2, 0.25) is 0 Å². The first kappa shape index (κ1) is 9.72. The lowest BCUT2D eigenvalue weighted by Crippen LogP contribution is -2.15. The summed E-state index contributed by atoms with van der Waals surface area (Å²) in [7, 11) is 0. The van der Waals surface area contributed by atoms with Crippen molar-refractivity contribution in [1.29, 1.82) is 0 Å². The van der Waals surface area contributed by atoms with Crippen LogP contribution >= 0.6 is 11.3 Å². The highest BCUT2D eigenvalue weighted by atomic mass is 32.1. The second-order valence-corrected chi connectivity index (χ2v) is 5.09. The minimum Gasteiger partial charge on any atom is -0.382 e. The summed E-state index contributed by atoms with van der Waals surface area (Å²) in [5, 5.41) is 12.3. The summed E-state index contributed by atoms with van der Waals surface area (Å²) in [6, 6.07) is 2.60. The molecule has 1 aliphatic carbocycles. The average molecular weight is 234 g/mol. The Morgan fingerprint density at radius 1 is 1.56 bits per heavy atom. The maximum atomic E-state index is 5.78. The Bertz CT molecular complexity index is 488. The standard InChI is InChI=1S/C11H14N4S/c12-11-9(6-13-15-11)14-8-2-1-3-10-7(8)4-5-16-10/h4-6,8,14H,1-3H2,(H3,12,13,15). The molecule has 5 heteroatoms. The normalized spacial score (nSPS) is 19.4. The Morgan fingerprint density at radius 3 is 3.31 bits per heavy atom. The second kappa shape index (κ2) is 3.83. The first-order valence-corrected chi connectivity index (χ1v) is 6.34. The number of hydrogen-bond acceptors (Lipinski definition) is 4. The number of aryl methyl sites for hydroxylation is 1. The molecule has 16 heavy (non-hydrogen) atoms. The lowest BCUT2D eigenvalue weighted by atomic mass is 9.94. The fourth-order valence-electron chi connectivity index (χ4n) is 2.24. The maximum Gasteiger partial charge on any atom is 0.142 e. The lowest BCUT2D eigenvalue weighted by Gasteiger charge is -2.24. The van der Waals surface area contributed by atoms with Gasteiger partial charge >= 0.3 is 0 Å². The molecule has 2 heterocycles. The summed E-state index contributed by atoms with van der Waals surface area (Å²) in [5.41, 5.74) is 8.11. The fourth-order valence-corrected chi connectivity index (χ4v) is 3.22. The molecular weight excluding hydrogens is 220 g/mol. The number of nitrogens with two attached hydrogens (primary N) is 1. The van der Waals surface area contributed by atoms with Crippen LogP contribution in [0.15, 0.2) is 17.6 Å². The third kappa shape index (κ3) is 1.57. The molecule has 84 valence electrons. The molecule has 2 aromatic heterocycles. The number of aromatic nitrogens is 2. The summed E-state index contributed by atoms with van der Waals surface area (Å²) < 4.78 is 0. The van der Waals surface area contributed by atoms with Crippen molar-refractivity contribution in [1.82, 2.24) is 10.2 Å². The number of nitrogens with one attached hydrogen (secondary N) is 2. The van der Waals surface area contributed by atoms with Crippen molar-refractivity contribution in [3.63, 3.8) is 0 Å². The van der Waals surface area contributed by atoms with Crippen LogP contribution in [0.25, 0.3) is 0 Å². The van der Waals surface area contributed by atoms with Gasteiger partial charge in [-0.25, -0.2) is 0 Å². The predicted molar refractivity (Wildman–Crippen MR) is 66.6 cm³/mol. The van der Waals surface area contributed by atoms with Crippen molar-refractivity contribution in [2.75, 3.05) is 11.1 Å². The molecule has 0 bridgehead atoms. The first-order valence-electron chi connectivity index (χ1n) is 5.46. The van der Waals surface area contributed by atoms with E-state index in [1.54, 1.807) is 6.20 Å². The van der Waals surface area contributed by atoms with Gasteiger partial charge in [-0.15, -0.1) is 11.3 Å². The van der Waals surface area contributed by atoms with Gasteiger partial charge in [-0.3, -0.25) is 5.10 Å². The molecule has 2 aromatic rings.